The van der Waals surface area contributed by atoms with Gasteiger partial charge in [0, 0.05) is 6.54 Å². The van der Waals surface area contributed by atoms with Crippen LogP contribution in [0.15, 0.2) is 6.07 Å². The molecule has 1 rings (SSSR count). The average Bonchev–Trinajstić information content (AvgIpc) is 2.24. The lowest BCUT2D eigenvalue weighted by Crippen LogP contribution is -2.24. The largest absolute Gasteiger partial charge is 0.491 e. The number of halogens is 3. The summed E-state index contributed by atoms with van der Waals surface area (Å²) in [6.07, 6.45) is 0. The molecule has 1 N–H and O–H groups in total. The third kappa shape index (κ3) is 2.10. The first-order valence-corrected chi connectivity index (χ1v) is 4.52. The zero-order chi connectivity index (χ0) is 12.3. The number of hydrogen-bond donors (Lipinski definition) is 1. The van der Waals surface area contributed by atoms with E-state index in [2.05, 4.69) is 10.1 Å². The molecule has 6 heteroatoms. The number of benzene rings is 1. The van der Waals surface area contributed by atoms with Crippen molar-refractivity contribution in [3.05, 3.63) is 29.1 Å². The topological polar surface area (TPSA) is 38.3 Å². The third-order valence-corrected chi connectivity index (χ3v) is 1.90. The van der Waals surface area contributed by atoms with Crippen molar-refractivity contribution in [2.75, 3.05) is 13.7 Å². The number of nitrogens with one attached hydrogen (secondary N) is 1. The van der Waals surface area contributed by atoms with Gasteiger partial charge in [0.2, 0.25) is 5.82 Å². The number of hydrogen-bond acceptors (Lipinski definition) is 2. The maximum Gasteiger partial charge on any atom is 0.254 e. The molecule has 1 amide bonds. The standard InChI is InChI=1S/C10H10F3NO2/c1-3-14-10(15)5-4-6(11)8(13)9(16-2)7(5)12/h4H,3H2,1-2H3,(H,14,15). The van der Waals surface area contributed by atoms with E-state index in [9.17, 15) is 18.0 Å². The molecule has 0 bridgehead atoms. The number of rotatable bonds is 3. The van der Waals surface area contributed by atoms with Gasteiger partial charge in [-0.3, -0.25) is 4.79 Å². The SMILES string of the molecule is CCNC(=O)c1cc(F)c(F)c(OC)c1F. The second-order valence-electron chi connectivity index (χ2n) is 2.93. The summed E-state index contributed by atoms with van der Waals surface area (Å²) in [5, 5.41) is 2.28. The molecule has 0 aromatic heterocycles. The lowest BCUT2D eigenvalue weighted by Gasteiger charge is -2.09. The third-order valence-electron chi connectivity index (χ3n) is 1.90. The highest BCUT2D eigenvalue weighted by atomic mass is 19.2. The predicted molar refractivity (Wildman–Crippen MR) is 50.9 cm³/mol. The van der Waals surface area contributed by atoms with Gasteiger partial charge >= 0.3 is 0 Å². The smallest absolute Gasteiger partial charge is 0.254 e. The van der Waals surface area contributed by atoms with Gasteiger partial charge in [-0.2, -0.15) is 4.39 Å². The van der Waals surface area contributed by atoms with Crippen molar-refractivity contribution in [2.45, 2.75) is 6.92 Å². The van der Waals surface area contributed by atoms with Gasteiger partial charge in [0.05, 0.1) is 12.7 Å². The molecule has 1 aromatic carbocycles. The van der Waals surface area contributed by atoms with Gasteiger partial charge in [-0.05, 0) is 13.0 Å². The van der Waals surface area contributed by atoms with Crippen molar-refractivity contribution in [3.8, 4) is 5.75 Å². The van der Waals surface area contributed by atoms with E-state index in [1.54, 1.807) is 6.92 Å². The summed E-state index contributed by atoms with van der Waals surface area (Å²) >= 11 is 0. The van der Waals surface area contributed by atoms with Gasteiger partial charge in [-0.15, -0.1) is 0 Å². The van der Waals surface area contributed by atoms with Crippen LogP contribution in [-0.2, 0) is 0 Å². The van der Waals surface area contributed by atoms with Gasteiger partial charge in [0.1, 0.15) is 0 Å². The Balaban J connectivity index is 3.31. The van der Waals surface area contributed by atoms with Crippen LogP contribution in [0.2, 0.25) is 0 Å². The minimum absolute atomic E-state index is 0.250. The van der Waals surface area contributed by atoms with Gasteiger partial charge in [0.25, 0.3) is 5.91 Å². The van der Waals surface area contributed by atoms with Gasteiger partial charge in [0.15, 0.2) is 17.4 Å². The zero-order valence-corrected chi connectivity index (χ0v) is 8.73. The maximum absolute atomic E-state index is 13.5. The van der Waals surface area contributed by atoms with E-state index in [1.807, 2.05) is 0 Å². The second-order valence-corrected chi connectivity index (χ2v) is 2.93. The molecule has 0 unspecified atom stereocenters. The Morgan fingerprint density at radius 1 is 1.38 bits per heavy atom. The molecule has 0 radical (unpaired) electrons. The highest BCUT2D eigenvalue weighted by Crippen LogP contribution is 2.26. The number of carbonyl (C=O) groups is 1. The quantitative estimate of drug-likeness (QED) is 0.809. The summed E-state index contributed by atoms with van der Waals surface area (Å²) in [6.45, 7) is 1.87. The minimum Gasteiger partial charge on any atom is -0.491 e. The molecule has 88 valence electrons. The number of ether oxygens (including phenoxy) is 1. The van der Waals surface area contributed by atoms with E-state index in [-0.39, 0.29) is 6.54 Å². The van der Waals surface area contributed by atoms with Crippen LogP contribution < -0.4 is 10.1 Å². The zero-order valence-electron chi connectivity index (χ0n) is 8.73. The number of carbonyl (C=O) groups excluding carboxylic acids is 1. The van der Waals surface area contributed by atoms with Crippen molar-refractivity contribution in [1.29, 1.82) is 0 Å². The van der Waals surface area contributed by atoms with E-state index in [4.69, 9.17) is 0 Å². The molecule has 0 aliphatic carbocycles. The summed E-state index contributed by atoms with van der Waals surface area (Å²) < 4.78 is 43.9. The predicted octanol–water partition coefficient (Wildman–Crippen LogP) is 1.86. The van der Waals surface area contributed by atoms with Crippen molar-refractivity contribution < 1.29 is 22.7 Å². The summed E-state index contributed by atoms with van der Waals surface area (Å²) in [7, 11) is 0.989. The molecule has 0 fully saturated rings. The number of methoxy groups -OCH3 is 1. The Kier molecular flexibility index (Phi) is 3.76. The van der Waals surface area contributed by atoms with Crippen LogP contribution in [-0.4, -0.2) is 19.6 Å². The van der Waals surface area contributed by atoms with Crippen molar-refractivity contribution >= 4 is 5.91 Å². The van der Waals surface area contributed by atoms with Crippen LogP contribution in [0.1, 0.15) is 17.3 Å². The first kappa shape index (κ1) is 12.4. The van der Waals surface area contributed by atoms with Crippen LogP contribution in [0, 0.1) is 17.5 Å². The summed E-state index contributed by atoms with van der Waals surface area (Å²) in [4.78, 5) is 11.3. The maximum atomic E-state index is 13.5. The Labute approximate surface area is 90.2 Å². The molecule has 0 atom stereocenters. The van der Waals surface area contributed by atoms with E-state index >= 15 is 0 Å². The Hall–Kier alpha value is -1.72. The summed E-state index contributed by atoms with van der Waals surface area (Å²) in [5.41, 5.74) is -0.586. The molecule has 0 heterocycles. The van der Waals surface area contributed by atoms with Gasteiger partial charge in [-0.1, -0.05) is 0 Å². The fraction of sp³-hybridized carbons (Fsp3) is 0.300. The van der Waals surface area contributed by atoms with E-state index in [0.29, 0.717) is 6.07 Å². The molecular formula is C10H10F3NO2. The van der Waals surface area contributed by atoms with E-state index in [1.165, 1.54) is 0 Å². The Morgan fingerprint density at radius 3 is 2.50 bits per heavy atom. The first-order valence-electron chi connectivity index (χ1n) is 4.52. The highest BCUT2D eigenvalue weighted by molar-refractivity contribution is 5.94. The minimum atomic E-state index is -1.45. The molecular weight excluding hydrogens is 223 g/mol. The summed E-state index contributed by atoms with van der Waals surface area (Å²) in [5.74, 6) is -5.72. The lowest BCUT2D eigenvalue weighted by molar-refractivity contribution is 0.0950. The molecule has 0 aliphatic heterocycles. The fourth-order valence-electron chi connectivity index (χ4n) is 1.18. The monoisotopic (exact) mass is 233 g/mol. The molecule has 1 aromatic rings. The van der Waals surface area contributed by atoms with Crippen molar-refractivity contribution in [2.24, 2.45) is 0 Å². The van der Waals surface area contributed by atoms with Gasteiger partial charge < -0.3 is 10.1 Å². The molecule has 0 saturated carbocycles. The normalized spacial score (nSPS) is 10.1. The van der Waals surface area contributed by atoms with Crippen LogP contribution in [0.25, 0.3) is 0 Å². The van der Waals surface area contributed by atoms with Gasteiger partial charge in [-0.25, -0.2) is 8.78 Å². The Morgan fingerprint density at radius 2 is 2.00 bits per heavy atom. The molecule has 0 saturated heterocycles. The molecule has 16 heavy (non-hydrogen) atoms. The van der Waals surface area contributed by atoms with Crippen molar-refractivity contribution in [1.82, 2.24) is 5.32 Å². The van der Waals surface area contributed by atoms with Crippen molar-refractivity contribution in [3.63, 3.8) is 0 Å². The second kappa shape index (κ2) is 4.87. The van der Waals surface area contributed by atoms with Crippen LogP contribution in [0.4, 0.5) is 13.2 Å². The molecule has 0 aliphatic rings. The van der Waals surface area contributed by atoms with E-state index in [0.717, 1.165) is 7.11 Å². The average molecular weight is 233 g/mol. The van der Waals surface area contributed by atoms with Crippen LogP contribution in [0.3, 0.4) is 0 Å². The Bertz CT molecular complexity index is 421. The molecule has 3 nitrogen and oxygen atoms in total. The van der Waals surface area contributed by atoms with Crippen LogP contribution in [0.5, 0.6) is 5.75 Å². The van der Waals surface area contributed by atoms with E-state index < -0.39 is 34.7 Å². The summed E-state index contributed by atoms with van der Waals surface area (Å²) in [6, 6.07) is 0.498. The first-order chi connectivity index (χ1) is 7.52. The fourth-order valence-corrected chi connectivity index (χ4v) is 1.18. The molecule has 0 spiro atoms. The lowest BCUT2D eigenvalue weighted by atomic mass is 10.1. The highest BCUT2D eigenvalue weighted by Gasteiger charge is 2.23. The number of amides is 1. The van der Waals surface area contributed by atoms with Crippen LogP contribution >= 0.6 is 0 Å².